The molecular weight excluding hydrogens is 294 g/mol. The average molecular weight is 323 g/mol. The highest BCUT2D eigenvalue weighted by Gasteiger charge is 2.22. The van der Waals surface area contributed by atoms with Gasteiger partial charge in [-0.15, -0.1) is 0 Å². The zero-order valence-corrected chi connectivity index (χ0v) is 14.3. The molecule has 2 heterocycles. The summed E-state index contributed by atoms with van der Waals surface area (Å²) >= 11 is 0. The number of ether oxygens (including phenoxy) is 1. The van der Waals surface area contributed by atoms with Gasteiger partial charge in [-0.25, -0.2) is 4.79 Å². The Morgan fingerprint density at radius 1 is 1.43 bits per heavy atom. The molecule has 1 saturated heterocycles. The maximum Gasteiger partial charge on any atom is 0.317 e. The van der Waals surface area contributed by atoms with Crippen molar-refractivity contribution in [1.29, 1.82) is 0 Å². The Kier molecular flexibility index (Phi) is 7.42. The molecule has 0 atom stereocenters. The fourth-order valence-electron chi connectivity index (χ4n) is 2.88. The van der Waals surface area contributed by atoms with Gasteiger partial charge in [0.15, 0.2) is 0 Å². The van der Waals surface area contributed by atoms with E-state index in [1.807, 2.05) is 17.0 Å². The van der Waals surface area contributed by atoms with Crippen molar-refractivity contribution in [2.45, 2.75) is 25.9 Å². The number of carbonyl (C=O) groups excluding carboxylic acids is 1. The zero-order chi connectivity index (χ0) is 16.5. The topological polar surface area (TPSA) is 58.0 Å². The standard InChI is InChI=1S/C17H29N3O3/c1-19(2)13-15-6-9-20(10-7-15)17(21)18-8-4-11-22-14-16-5-3-12-23-16/h3,5,12,15H,4,6-11,13-14H2,1-2H3,(H,18,21). The molecule has 0 saturated carbocycles. The first-order chi connectivity index (χ1) is 11.1. The average Bonchev–Trinajstić information content (AvgIpc) is 3.04. The molecule has 6 heteroatoms. The molecule has 1 aliphatic heterocycles. The van der Waals surface area contributed by atoms with Gasteiger partial charge in [-0.3, -0.25) is 0 Å². The Morgan fingerprint density at radius 3 is 2.87 bits per heavy atom. The molecule has 1 fully saturated rings. The van der Waals surface area contributed by atoms with Crippen LogP contribution in [0.3, 0.4) is 0 Å². The van der Waals surface area contributed by atoms with Crippen LogP contribution in [0.2, 0.25) is 0 Å². The molecule has 0 aromatic carbocycles. The van der Waals surface area contributed by atoms with Crippen molar-refractivity contribution in [2.24, 2.45) is 5.92 Å². The molecule has 0 spiro atoms. The highest BCUT2D eigenvalue weighted by atomic mass is 16.5. The van der Waals surface area contributed by atoms with Gasteiger partial charge in [-0.1, -0.05) is 0 Å². The van der Waals surface area contributed by atoms with Crippen molar-refractivity contribution >= 4 is 6.03 Å². The molecule has 0 radical (unpaired) electrons. The largest absolute Gasteiger partial charge is 0.467 e. The summed E-state index contributed by atoms with van der Waals surface area (Å²) in [7, 11) is 4.21. The fraction of sp³-hybridized carbons (Fsp3) is 0.706. The number of likely N-dealkylation sites (tertiary alicyclic amines) is 1. The second-order valence-corrected chi connectivity index (χ2v) is 6.41. The quantitative estimate of drug-likeness (QED) is 0.745. The van der Waals surface area contributed by atoms with Crippen LogP contribution in [0.5, 0.6) is 0 Å². The summed E-state index contributed by atoms with van der Waals surface area (Å²) in [6, 6.07) is 3.79. The summed E-state index contributed by atoms with van der Waals surface area (Å²) < 4.78 is 10.7. The van der Waals surface area contributed by atoms with Crippen LogP contribution in [0.15, 0.2) is 22.8 Å². The molecule has 1 aromatic rings. The van der Waals surface area contributed by atoms with Gasteiger partial charge in [-0.05, 0) is 51.4 Å². The van der Waals surface area contributed by atoms with E-state index in [-0.39, 0.29) is 6.03 Å². The van der Waals surface area contributed by atoms with Crippen LogP contribution < -0.4 is 5.32 Å². The van der Waals surface area contributed by atoms with E-state index in [9.17, 15) is 4.79 Å². The first kappa shape index (κ1) is 17.8. The van der Waals surface area contributed by atoms with E-state index < -0.39 is 0 Å². The molecule has 1 N–H and O–H groups in total. The Bertz CT molecular complexity index is 440. The van der Waals surface area contributed by atoms with E-state index in [2.05, 4.69) is 24.3 Å². The predicted octanol–water partition coefficient (Wildman–Crippen LogP) is 2.17. The first-order valence-corrected chi connectivity index (χ1v) is 8.43. The molecule has 0 aliphatic carbocycles. The van der Waals surface area contributed by atoms with Gasteiger partial charge in [0, 0.05) is 32.8 Å². The lowest BCUT2D eigenvalue weighted by molar-refractivity contribution is 0.103. The zero-order valence-electron chi connectivity index (χ0n) is 14.3. The molecule has 0 bridgehead atoms. The monoisotopic (exact) mass is 323 g/mol. The second kappa shape index (κ2) is 9.57. The number of amides is 2. The van der Waals surface area contributed by atoms with Gasteiger partial charge in [0.2, 0.25) is 0 Å². The molecule has 0 unspecified atom stereocenters. The van der Waals surface area contributed by atoms with E-state index in [0.29, 0.717) is 25.7 Å². The van der Waals surface area contributed by atoms with Crippen LogP contribution in [0.1, 0.15) is 25.0 Å². The van der Waals surface area contributed by atoms with E-state index in [1.54, 1.807) is 6.26 Å². The van der Waals surface area contributed by atoms with Gasteiger partial charge in [0.25, 0.3) is 0 Å². The van der Waals surface area contributed by atoms with Crippen molar-refractivity contribution < 1.29 is 13.9 Å². The summed E-state index contributed by atoms with van der Waals surface area (Å²) in [6.07, 6.45) is 4.64. The number of hydrogen-bond acceptors (Lipinski definition) is 4. The van der Waals surface area contributed by atoms with Crippen LogP contribution >= 0.6 is 0 Å². The lowest BCUT2D eigenvalue weighted by atomic mass is 9.97. The number of piperidine rings is 1. The van der Waals surface area contributed by atoms with Crippen LogP contribution in [0, 0.1) is 5.92 Å². The molecule has 2 rings (SSSR count). The van der Waals surface area contributed by atoms with Crippen molar-refractivity contribution in [2.75, 3.05) is 46.9 Å². The number of nitrogens with zero attached hydrogens (tertiary/aromatic N) is 2. The van der Waals surface area contributed by atoms with Crippen LogP contribution in [0.4, 0.5) is 4.79 Å². The Morgan fingerprint density at radius 2 is 2.22 bits per heavy atom. The number of nitrogens with one attached hydrogen (secondary N) is 1. The van der Waals surface area contributed by atoms with Crippen LogP contribution in [0.25, 0.3) is 0 Å². The Labute approximate surface area is 138 Å². The van der Waals surface area contributed by atoms with Crippen LogP contribution in [-0.2, 0) is 11.3 Å². The van der Waals surface area contributed by atoms with Crippen molar-refractivity contribution in [3.05, 3.63) is 24.2 Å². The number of furan rings is 1. The third-order valence-electron chi connectivity index (χ3n) is 4.09. The smallest absolute Gasteiger partial charge is 0.317 e. The van der Waals surface area contributed by atoms with Crippen LogP contribution in [-0.4, -0.2) is 62.7 Å². The SMILES string of the molecule is CN(C)CC1CCN(C(=O)NCCCOCc2ccco2)CC1. The molecule has 2 amide bonds. The third kappa shape index (κ3) is 6.62. The number of carbonyl (C=O) groups is 1. The Balaban J connectivity index is 1.50. The van der Waals surface area contributed by atoms with E-state index in [0.717, 1.165) is 44.7 Å². The Hall–Kier alpha value is -1.53. The predicted molar refractivity (Wildman–Crippen MR) is 89.2 cm³/mol. The maximum atomic E-state index is 12.1. The summed E-state index contributed by atoms with van der Waals surface area (Å²) in [5.74, 6) is 1.54. The van der Waals surface area contributed by atoms with Crippen molar-refractivity contribution in [1.82, 2.24) is 15.1 Å². The van der Waals surface area contributed by atoms with Gasteiger partial charge < -0.3 is 24.3 Å². The van der Waals surface area contributed by atoms with Gasteiger partial charge in [0.1, 0.15) is 12.4 Å². The molecule has 1 aliphatic rings. The lowest BCUT2D eigenvalue weighted by Crippen LogP contribution is -2.45. The van der Waals surface area contributed by atoms with Crippen molar-refractivity contribution in [3.8, 4) is 0 Å². The minimum atomic E-state index is 0.0549. The number of hydrogen-bond donors (Lipinski definition) is 1. The molecule has 23 heavy (non-hydrogen) atoms. The van der Waals surface area contributed by atoms with E-state index in [1.165, 1.54) is 0 Å². The number of rotatable bonds is 8. The van der Waals surface area contributed by atoms with Gasteiger partial charge in [-0.2, -0.15) is 0 Å². The number of urea groups is 1. The summed E-state index contributed by atoms with van der Waals surface area (Å²) in [5.41, 5.74) is 0. The highest BCUT2D eigenvalue weighted by Crippen LogP contribution is 2.17. The summed E-state index contributed by atoms with van der Waals surface area (Å²) in [4.78, 5) is 16.2. The van der Waals surface area contributed by atoms with Gasteiger partial charge >= 0.3 is 6.03 Å². The highest BCUT2D eigenvalue weighted by molar-refractivity contribution is 5.74. The first-order valence-electron chi connectivity index (χ1n) is 8.43. The lowest BCUT2D eigenvalue weighted by Gasteiger charge is -2.33. The summed E-state index contributed by atoms with van der Waals surface area (Å²) in [5, 5.41) is 2.97. The van der Waals surface area contributed by atoms with Gasteiger partial charge in [0.05, 0.1) is 6.26 Å². The molecular formula is C17H29N3O3. The summed E-state index contributed by atoms with van der Waals surface area (Å²) in [6.45, 7) is 4.59. The third-order valence-corrected chi connectivity index (χ3v) is 4.09. The second-order valence-electron chi connectivity index (χ2n) is 6.41. The molecule has 130 valence electrons. The van der Waals surface area contributed by atoms with E-state index in [4.69, 9.17) is 9.15 Å². The molecule has 6 nitrogen and oxygen atoms in total. The molecule has 1 aromatic heterocycles. The van der Waals surface area contributed by atoms with Crippen molar-refractivity contribution in [3.63, 3.8) is 0 Å². The normalized spacial score (nSPS) is 16.0. The van der Waals surface area contributed by atoms with E-state index >= 15 is 0 Å². The minimum absolute atomic E-state index is 0.0549. The maximum absolute atomic E-state index is 12.1. The fourth-order valence-corrected chi connectivity index (χ4v) is 2.88. The minimum Gasteiger partial charge on any atom is -0.467 e.